The smallest absolute Gasteiger partial charge is 0.375 e. The highest BCUT2D eigenvalue weighted by molar-refractivity contribution is 6.31. The van der Waals surface area contributed by atoms with Crippen LogP contribution in [0.15, 0.2) is 53.7 Å². The Labute approximate surface area is 237 Å². The number of anilines is 4. The molecule has 0 radical (unpaired) electrons. The van der Waals surface area contributed by atoms with E-state index in [1.165, 1.54) is 29.2 Å². The highest BCUT2D eigenvalue weighted by Gasteiger charge is 2.43. The molecular weight excluding hydrogens is 561 g/mol. The minimum Gasteiger partial charge on any atom is -0.375 e. The lowest BCUT2D eigenvalue weighted by Gasteiger charge is -2.34. The fraction of sp³-hybridized carbons (Fsp3) is 0.296. The van der Waals surface area contributed by atoms with Crippen LogP contribution < -0.4 is 21.1 Å². The molecule has 4 heterocycles. The Kier molecular flexibility index (Phi) is 7.70. The minimum absolute atomic E-state index is 0.0528. The van der Waals surface area contributed by atoms with E-state index in [1.54, 1.807) is 30.1 Å². The number of aryl methyl sites for hydroxylation is 1. The van der Waals surface area contributed by atoms with Gasteiger partial charge in [-0.15, -0.1) is 0 Å². The number of morpholine rings is 1. The SMILES string of the molecule is CC(Nc1cc(=O)n(C)c2ccc(Nc3ccnc(Cl)c3C#N)cc12)c1ncc(N2CCOC(C(F)(F)F)C2)cn1. The van der Waals surface area contributed by atoms with Gasteiger partial charge in [0.1, 0.15) is 22.6 Å². The molecule has 0 amide bonds. The number of rotatable bonds is 6. The number of nitrogens with zero attached hydrogens (tertiary/aromatic N) is 6. The lowest BCUT2D eigenvalue weighted by molar-refractivity contribution is -0.221. The first kappa shape index (κ1) is 28.1. The van der Waals surface area contributed by atoms with Crippen LogP contribution in [0.2, 0.25) is 5.15 Å². The number of hydrogen-bond donors (Lipinski definition) is 2. The van der Waals surface area contributed by atoms with Gasteiger partial charge in [-0.25, -0.2) is 15.0 Å². The topological polar surface area (TPSA) is 121 Å². The summed E-state index contributed by atoms with van der Waals surface area (Å²) in [6, 6.07) is 10.1. The Morgan fingerprint density at radius 1 is 1.17 bits per heavy atom. The van der Waals surface area contributed by atoms with Gasteiger partial charge in [-0.2, -0.15) is 18.4 Å². The molecule has 2 unspecified atom stereocenters. The van der Waals surface area contributed by atoms with Crippen molar-refractivity contribution in [3.05, 3.63) is 75.8 Å². The monoisotopic (exact) mass is 584 g/mol. The summed E-state index contributed by atoms with van der Waals surface area (Å²) >= 11 is 6.06. The number of nitriles is 1. The molecule has 0 aliphatic carbocycles. The van der Waals surface area contributed by atoms with Crippen molar-refractivity contribution in [2.24, 2.45) is 7.05 Å². The zero-order valence-corrected chi connectivity index (χ0v) is 22.7. The summed E-state index contributed by atoms with van der Waals surface area (Å²) in [6.07, 6.45) is -1.87. The first-order valence-electron chi connectivity index (χ1n) is 12.5. The summed E-state index contributed by atoms with van der Waals surface area (Å²) < 4.78 is 45.7. The molecule has 0 saturated carbocycles. The lowest BCUT2D eigenvalue weighted by atomic mass is 10.1. The maximum Gasteiger partial charge on any atom is 0.416 e. The van der Waals surface area contributed by atoms with Crippen molar-refractivity contribution in [3.8, 4) is 6.07 Å². The van der Waals surface area contributed by atoms with Crippen molar-refractivity contribution in [1.29, 1.82) is 5.26 Å². The zero-order chi connectivity index (χ0) is 29.3. The molecule has 212 valence electrons. The first-order valence-corrected chi connectivity index (χ1v) is 12.9. The molecule has 3 aromatic heterocycles. The molecule has 14 heteroatoms. The second-order valence-electron chi connectivity index (χ2n) is 9.46. The summed E-state index contributed by atoms with van der Waals surface area (Å²) in [5.41, 5.74) is 2.75. The molecule has 1 fully saturated rings. The molecule has 1 aliphatic rings. The van der Waals surface area contributed by atoms with E-state index in [1.807, 2.05) is 19.1 Å². The third-order valence-electron chi connectivity index (χ3n) is 6.76. The second-order valence-corrected chi connectivity index (χ2v) is 9.82. The third kappa shape index (κ3) is 5.89. The van der Waals surface area contributed by atoms with Gasteiger partial charge in [0.05, 0.1) is 48.5 Å². The molecule has 2 atom stereocenters. The molecule has 1 saturated heterocycles. The van der Waals surface area contributed by atoms with E-state index in [2.05, 4.69) is 25.6 Å². The molecule has 0 bridgehead atoms. The van der Waals surface area contributed by atoms with E-state index in [0.717, 1.165) is 0 Å². The van der Waals surface area contributed by atoms with Crippen molar-refractivity contribution in [3.63, 3.8) is 0 Å². The van der Waals surface area contributed by atoms with Crippen molar-refractivity contribution < 1.29 is 17.9 Å². The molecular formula is C27H24ClF3N8O2. The Hall–Kier alpha value is -4.41. The van der Waals surface area contributed by atoms with E-state index in [9.17, 15) is 23.2 Å². The van der Waals surface area contributed by atoms with Crippen LogP contribution in [0.4, 0.5) is 35.9 Å². The number of benzene rings is 1. The van der Waals surface area contributed by atoms with Gasteiger partial charge in [0.2, 0.25) is 0 Å². The van der Waals surface area contributed by atoms with Gasteiger partial charge in [-0.05, 0) is 31.2 Å². The van der Waals surface area contributed by atoms with Crippen LogP contribution in [0.25, 0.3) is 10.9 Å². The number of alkyl halides is 3. The summed E-state index contributed by atoms with van der Waals surface area (Å²) in [6.45, 7) is 1.72. The summed E-state index contributed by atoms with van der Waals surface area (Å²) in [5.74, 6) is 0.391. The van der Waals surface area contributed by atoms with Gasteiger partial charge < -0.3 is 24.8 Å². The molecule has 1 aliphatic heterocycles. The van der Waals surface area contributed by atoms with E-state index >= 15 is 0 Å². The third-order valence-corrected chi connectivity index (χ3v) is 7.04. The van der Waals surface area contributed by atoms with Gasteiger partial charge >= 0.3 is 6.18 Å². The van der Waals surface area contributed by atoms with Crippen molar-refractivity contribution in [2.45, 2.75) is 25.2 Å². The second kappa shape index (κ2) is 11.2. The number of aromatic nitrogens is 4. The van der Waals surface area contributed by atoms with Gasteiger partial charge in [-0.1, -0.05) is 11.6 Å². The normalized spacial score (nSPS) is 16.3. The quantitative estimate of drug-likeness (QED) is 0.304. The zero-order valence-electron chi connectivity index (χ0n) is 21.9. The number of pyridine rings is 2. The predicted octanol–water partition coefficient (Wildman–Crippen LogP) is 4.93. The van der Waals surface area contributed by atoms with Crippen LogP contribution in [-0.2, 0) is 11.8 Å². The largest absolute Gasteiger partial charge is 0.416 e. The fourth-order valence-electron chi connectivity index (χ4n) is 4.56. The Bertz CT molecular complexity index is 1690. The molecule has 10 nitrogen and oxygen atoms in total. The Balaban J connectivity index is 1.40. The molecule has 4 aromatic rings. The van der Waals surface area contributed by atoms with Crippen molar-refractivity contribution >= 4 is 45.3 Å². The number of ether oxygens (including phenoxy) is 1. The standard InChI is InChI=1S/C27H24ClF3N8O2/c1-15(26-34-12-17(13-35-26)39-7-8-41-23(14-39)27(29,30)31)36-21-10-24(40)38(2)22-4-3-16(9-18(21)22)37-20-5-6-33-25(28)19(20)11-32/h3-6,9-10,12-13,15,23,36H,7-8,14H2,1-2H3,(H,33,37). The fourth-order valence-corrected chi connectivity index (χ4v) is 4.76. The highest BCUT2D eigenvalue weighted by atomic mass is 35.5. The van der Waals surface area contributed by atoms with Crippen LogP contribution in [0.3, 0.4) is 0 Å². The summed E-state index contributed by atoms with van der Waals surface area (Å²) in [5, 5.41) is 16.7. The highest BCUT2D eigenvalue weighted by Crippen LogP contribution is 2.31. The number of nitrogens with one attached hydrogen (secondary N) is 2. The first-order chi connectivity index (χ1) is 19.5. The van der Waals surface area contributed by atoms with E-state index in [4.69, 9.17) is 16.3 Å². The van der Waals surface area contributed by atoms with Gasteiger partial charge in [0.25, 0.3) is 5.56 Å². The van der Waals surface area contributed by atoms with Crippen LogP contribution in [-0.4, -0.2) is 51.5 Å². The van der Waals surface area contributed by atoms with Gasteiger partial charge in [0, 0.05) is 42.6 Å². The van der Waals surface area contributed by atoms with Crippen LogP contribution in [0, 0.1) is 11.3 Å². The van der Waals surface area contributed by atoms with Crippen LogP contribution in [0.1, 0.15) is 24.4 Å². The van der Waals surface area contributed by atoms with E-state index in [-0.39, 0.29) is 29.4 Å². The summed E-state index contributed by atoms with van der Waals surface area (Å²) in [4.78, 5) is 26.9. The number of halogens is 4. The average molecular weight is 585 g/mol. The van der Waals surface area contributed by atoms with Crippen LogP contribution >= 0.6 is 11.6 Å². The van der Waals surface area contributed by atoms with Gasteiger partial charge in [-0.3, -0.25) is 4.79 Å². The maximum atomic E-state index is 13.1. The van der Waals surface area contributed by atoms with Crippen molar-refractivity contribution in [2.75, 3.05) is 35.2 Å². The molecule has 41 heavy (non-hydrogen) atoms. The molecule has 2 N–H and O–H groups in total. The van der Waals surface area contributed by atoms with E-state index < -0.39 is 18.3 Å². The predicted molar refractivity (Wildman–Crippen MR) is 149 cm³/mol. The van der Waals surface area contributed by atoms with Crippen molar-refractivity contribution in [1.82, 2.24) is 19.5 Å². The molecule has 0 spiro atoms. The molecule has 5 rings (SSSR count). The maximum absolute atomic E-state index is 13.1. The minimum atomic E-state index is -4.45. The Morgan fingerprint density at radius 3 is 2.63 bits per heavy atom. The van der Waals surface area contributed by atoms with E-state index in [0.29, 0.717) is 46.0 Å². The molecule has 1 aromatic carbocycles. The number of hydrogen-bond acceptors (Lipinski definition) is 9. The Morgan fingerprint density at radius 2 is 1.93 bits per heavy atom. The number of fused-ring (bicyclic) bond motifs is 1. The van der Waals surface area contributed by atoms with Crippen LogP contribution in [0.5, 0.6) is 0 Å². The van der Waals surface area contributed by atoms with Gasteiger partial charge in [0.15, 0.2) is 6.10 Å². The summed E-state index contributed by atoms with van der Waals surface area (Å²) in [7, 11) is 1.66. The average Bonchev–Trinajstić information content (AvgIpc) is 2.95. The lowest BCUT2D eigenvalue weighted by Crippen LogP contribution is -2.49.